The van der Waals surface area contributed by atoms with Crippen LogP contribution in [0.15, 0.2) is 84.4 Å². The molecule has 0 heterocycles. The number of unbranched alkanes of at least 4 members (excludes halogenated alkanes) is 4. The van der Waals surface area contributed by atoms with Gasteiger partial charge in [0.25, 0.3) is 0 Å². The summed E-state index contributed by atoms with van der Waals surface area (Å²) in [4.78, 5) is 41.0. The first-order valence-corrected chi connectivity index (χ1v) is 18.9. The van der Waals surface area contributed by atoms with Crippen molar-refractivity contribution in [2.45, 2.75) is 85.1 Å². The first kappa shape index (κ1) is 41.8. The van der Waals surface area contributed by atoms with Gasteiger partial charge in [0, 0.05) is 65.4 Å². The zero-order valence-electron chi connectivity index (χ0n) is 31.6. The summed E-state index contributed by atoms with van der Waals surface area (Å²) in [6.45, 7) is 19.2. The normalized spacial score (nSPS) is 16.7. The van der Waals surface area contributed by atoms with Crippen molar-refractivity contribution in [2.24, 2.45) is 0 Å². The molecule has 0 fully saturated rings. The quantitative estimate of drug-likeness (QED) is 0.0827. The highest BCUT2D eigenvalue weighted by Gasteiger charge is 2.35. The third-order valence-electron chi connectivity index (χ3n) is 9.09. The van der Waals surface area contributed by atoms with Crippen LogP contribution >= 0.6 is 0 Å². The molecule has 1 atom stereocenters. The van der Waals surface area contributed by atoms with Crippen LogP contribution in [0.3, 0.4) is 0 Å². The summed E-state index contributed by atoms with van der Waals surface area (Å²) in [5, 5.41) is 14.0. The Morgan fingerprint density at radius 3 is 1.94 bits per heavy atom. The average Bonchev–Trinajstić information content (AvgIpc) is 3.16. The van der Waals surface area contributed by atoms with Crippen molar-refractivity contribution in [1.82, 2.24) is 0 Å². The van der Waals surface area contributed by atoms with Crippen molar-refractivity contribution in [1.29, 1.82) is 0 Å². The molecule has 2 aliphatic carbocycles. The van der Waals surface area contributed by atoms with Crippen molar-refractivity contribution >= 4 is 29.0 Å². The summed E-state index contributed by atoms with van der Waals surface area (Å²) in [6.07, 6.45) is 16.4. The smallest absolute Gasteiger partial charge is 0.330 e. The largest absolute Gasteiger partial charge is 0.871 e. The minimum atomic E-state index is -0.564. The van der Waals surface area contributed by atoms with Crippen LogP contribution in [0, 0.1) is 0 Å². The second-order valence-electron chi connectivity index (χ2n) is 12.9. The van der Waals surface area contributed by atoms with E-state index in [1.807, 2.05) is 30.4 Å². The van der Waals surface area contributed by atoms with Gasteiger partial charge in [-0.2, -0.15) is 0 Å². The molecule has 1 aromatic carbocycles. The van der Waals surface area contributed by atoms with Gasteiger partial charge in [-0.1, -0.05) is 72.3 Å². The maximum absolute atomic E-state index is 14.0. The van der Waals surface area contributed by atoms with Gasteiger partial charge in [-0.05, 0) is 50.0 Å². The minimum absolute atomic E-state index is 0.00648. The summed E-state index contributed by atoms with van der Waals surface area (Å²) in [5.41, 5.74) is 1.81. The van der Waals surface area contributed by atoms with Gasteiger partial charge in [0.1, 0.15) is 44.0 Å². The van der Waals surface area contributed by atoms with Crippen LogP contribution in [0.5, 0.6) is 5.75 Å². The van der Waals surface area contributed by atoms with Crippen LogP contribution in [0.25, 0.3) is 5.57 Å². The first-order chi connectivity index (χ1) is 25.2. The van der Waals surface area contributed by atoms with Crippen LogP contribution in [0.2, 0.25) is 0 Å². The van der Waals surface area contributed by atoms with E-state index in [-0.39, 0.29) is 43.6 Å². The second-order valence-corrected chi connectivity index (χ2v) is 12.9. The molecule has 0 saturated heterocycles. The predicted molar refractivity (Wildman–Crippen MR) is 203 cm³/mol. The lowest BCUT2D eigenvalue weighted by molar-refractivity contribution is -0.912. The highest BCUT2D eigenvalue weighted by Crippen LogP contribution is 2.43. The number of anilines is 1. The molecule has 1 N–H and O–H groups in total. The maximum Gasteiger partial charge on any atom is 0.330 e. The number of esters is 2. The Bertz CT molecular complexity index is 1510. The standard InChI is InChI=1S/C42H58N2O8/c1-7-13-21-43(22-14-8-2)31-17-19-33(35(29-31)49-25-27-51-37(45)11-5)39-41(47)40(42(39)48)34-20-18-32(44(23-15-9-3)24-16-10-4)30-36(34)50-26-28-52-38(46)12-6/h11-12,17-20,29-31,47H,5-10,13-16,21-28H2,1-4H3/b39-33-. The number of Topliss-reactive ketones (excluding diaryl/α,β-unsaturated/α-hetero) is 1. The molecule has 0 aliphatic heterocycles. The Morgan fingerprint density at radius 2 is 1.40 bits per heavy atom. The number of ketones is 1. The number of rotatable bonds is 25. The second kappa shape index (κ2) is 22.4. The molecule has 2 aliphatic rings. The van der Waals surface area contributed by atoms with E-state index in [9.17, 15) is 19.5 Å². The Balaban J connectivity index is 2.04. The van der Waals surface area contributed by atoms with E-state index in [1.165, 1.54) is 4.90 Å². The molecule has 52 heavy (non-hydrogen) atoms. The van der Waals surface area contributed by atoms with Crippen LogP contribution in [0.4, 0.5) is 5.69 Å². The van der Waals surface area contributed by atoms with Gasteiger partial charge < -0.3 is 33.9 Å². The van der Waals surface area contributed by atoms with E-state index in [1.54, 1.807) is 6.07 Å². The van der Waals surface area contributed by atoms with E-state index < -0.39 is 23.5 Å². The summed E-state index contributed by atoms with van der Waals surface area (Å²) in [7, 11) is 0. The van der Waals surface area contributed by atoms with E-state index >= 15 is 0 Å². The molecule has 10 nitrogen and oxygen atoms in total. The number of benzene rings is 1. The van der Waals surface area contributed by atoms with Gasteiger partial charge in [-0.3, -0.25) is 4.79 Å². The molecule has 0 saturated carbocycles. The molecule has 0 amide bonds. The molecule has 1 aromatic rings. The fourth-order valence-electron chi connectivity index (χ4n) is 6.13. The lowest BCUT2D eigenvalue weighted by Crippen LogP contribution is -3.15. The third kappa shape index (κ3) is 11.7. The van der Waals surface area contributed by atoms with Crippen LogP contribution in [0.1, 0.15) is 84.6 Å². The Kier molecular flexibility index (Phi) is 18.0. The van der Waals surface area contributed by atoms with Crippen molar-refractivity contribution in [3.8, 4) is 5.75 Å². The van der Waals surface area contributed by atoms with E-state index in [0.717, 1.165) is 95.4 Å². The fraction of sp³-hybridized carbons (Fsp3) is 0.500. The molecule has 0 spiro atoms. The third-order valence-corrected chi connectivity index (χ3v) is 9.09. The van der Waals surface area contributed by atoms with Gasteiger partial charge >= 0.3 is 11.9 Å². The SMILES string of the molecule is C=CC(=O)OCCOC1=CC([NH+](CCCC)CCCC)C=C/C1=C1/C(=O)C(c2ccc(N(CCCC)CCCC)cc2OCCOC(=O)C=C)=C1[O-]. The molecule has 10 heteroatoms. The van der Waals surface area contributed by atoms with Crippen LogP contribution < -0.4 is 19.6 Å². The lowest BCUT2D eigenvalue weighted by atomic mass is 9.79. The number of nitrogens with one attached hydrogen (secondary N) is 1. The number of hydrogen-bond donors (Lipinski definition) is 1. The highest BCUT2D eigenvalue weighted by atomic mass is 16.6. The lowest BCUT2D eigenvalue weighted by Gasteiger charge is -2.35. The predicted octanol–water partition coefficient (Wildman–Crippen LogP) is 5.21. The monoisotopic (exact) mass is 718 g/mol. The van der Waals surface area contributed by atoms with Crippen LogP contribution in [-0.2, 0) is 28.6 Å². The number of quaternary nitrogens is 1. The van der Waals surface area contributed by atoms with Gasteiger partial charge in [-0.15, -0.1) is 0 Å². The van der Waals surface area contributed by atoms with Crippen molar-refractivity contribution in [3.05, 3.63) is 90.0 Å². The number of nitrogens with zero attached hydrogens (tertiary/aromatic N) is 1. The molecular weight excluding hydrogens is 660 g/mol. The molecule has 0 bridgehead atoms. The number of allylic oxidation sites excluding steroid dienone is 3. The summed E-state index contributed by atoms with van der Waals surface area (Å²) in [5.74, 6) is -1.14. The molecule has 3 rings (SSSR count). The Labute approximate surface area is 310 Å². The van der Waals surface area contributed by atoms with E-state index in [2.05, 4.69) is 45.8 Å². The zero-order valence-corrected chi connectivity index (χ0v) is 31.6. The maximum atomic E-state index is 14.0. The first-order valence-electron chi connectivity index (χ1n) is 18.9. The molecule has 0 radical (unpaired) electrons. The van der Waals surface area contributed by atoms with Gasteiger partial charge in [0.15, 0.2) is 5.78 Å². The van der Waals surface area contributed by atoms with Gasteiger partial charge in [-0.25, -0.2) is 9.59 Å². The molecule has 284 valence electrons. The van der Waals surface area contributed by atoms with Gasteiger partial charge in [0.2, 0.25) is 0 Å². The van der Waals surface area contributed by atoms with Crippen molar-refractivity contribution in [3.63, 3.8) is 0 Å². The molecule has 1 unspecified atom stereocenters. The highest BCUT2D eigenvalue weighted by molar-refractivity contribution is 6.39. The van der Waals surface area contributed by atoms with Gasteiger partial charge in [0.05, 0.1) is 13.1 Å². The zero-order chi connectivity index (χ0) is 37.9. The van der Waals surface area contributed by atoms with E-state index in [0.29, 0.717) is 22.6 Å². The Morgan fingerprint density at radius 1 is 0.827 bits per heavy atom. The number of carbonyl (C=O) groups is 3. The summed E-state index contributed by atoms with van der Waals surface area (Å²) >= 11 is 0. The summed E-state index contributed by atoms with van der Waals surface area (Å²) < 4.78 is 22.5. The van der Waals surface area contributed by atoms with Crippen LogP contribution in [-0.4, -0.2) is 76.4 Å². The average molecular weight is 719 g/mol. The minimum Gasteiger partial charge on any atom is -0.871 e. The number of hydrogen-bond acceptors (Lipinski definition) is 9. The van der Waals surface area contributed by atoms with Crippen molar-refractivity contribution < 1.29 is 43.3 Å². The molecule has 0 aromatic heterocycles. The topological polar surface area (TPSA) is 119 Å². The number of carbonyl (C=O) groups excluding carboxylic acids is 3. The molecular formula is C42H58N2O8. The van der Waals surface area contributed by atoms with Crippen molar-refractivity contribution in [2.75, 3.05) is 57.5 Å². The fourth-order valence-corrected chi connectivity index (χ4v) is 6.13. The summed E-state index contributed by atoms with van der Waals surface area (Å²) in [6, 6.07) is 5.56. The Hall–Kier alpha value is -4.57. The number of ether oxygens (including phenoxy) is 4. The van der Waals surface area contributed by atoms with E-state index in [4.69, 9.17) is 18.9 Å².